The minimum atomic E-state index is -2.48. The number of benzene rings is 2. The van der Waals surface area contributed by atoms with Crippen molar-refractivity contribution in [1.29, 1.82) is 0 Å². The van der Waals surface area contributed by atoms with Crippen molar-refractivity contribution in [2.24, 2.45) is 0 Å². The lowest BCUT2D eigenvalue weighted by Crippen LogP contribution is -2.04. The molecule has 2 aromatic carbocycles. The van der Waals surface area contributed by atoms with Gasteiger partial charge in [-0.3, -0.25) is 0 Å². The number of nitrogens with zero attached hydrogens (tertiary/aromatic N) is 4. The van der Waals surface area contributed by atoms with Gasteiger partial charge < -0.3 is 4.57 Å². The lowest BCUT2D eigenvalue weighted by atomic mass is 10.0. The molecule has 0 saturated heterocycles. The first-order valence-electron chi connectivity index (χ1n) is 8.22. The van der Waals surface area contributed by atoms with E-state index in [1.54, 1.807) is 18.5 Å². The van der Waals surface area contributed by atoms with E-state index in [0.29, 0.717) is 6.54 Å². The van der Waals surface area contributed by atoms with Gasteiger partial charge >= 0.3 is 0 Å². The zero-order chi connectivity index (χ0) is 18.1. The van der Waals surface area contributed by atoms with Crippen LogP contribution >= 0.6 is 12.4 Å². The van der Waals surface area contributed by atoms with Gasteiger partial charge in [0.25, 0.3) is 6.43 Å². The van der Waals surface area contributed by atoms with Gasteiger partial charge in [0.1, 0.15) is 5.82 Å². The first-order chi connectivity index (χ1) is 12.6. The number of rotatable bonds is 4. The van der Waals surface area contributed by atoms with Gasteiger partial charge in [-0.25, -0.2) is 13.8 Å². The van der Waals surface area contributed by atoms with E-state index in [9.17, 15) is 8.78 Å². The fourth-order valence-electron chi connectivity index (χ4n) is 2.97. The van der Waals surface area contributed by atoms with Crippen molar-refractivity contribution in [1.82, 2.24) is 19.7 Å². The van der Waals surface area contributed by atoms with Crippen molar-refractivity contribution in [3.8, 4) is 11.1 Å². The van der Waals surface area contributed by atoms with Crippen LogP contribution < -0.4 is 0 Å². The molecule has 2 aromatic heterocycles. The Morgan fingerprint density at radius 1 is 1.00 bits per heavy atom. The quantitative estimate of drug-likeness (QED) is 0.483. The smallest absolute Gasteiger partial charge is 0.263 e. The summed E-state index contributed by atoms with van der Waals surface area (Å²) in [6.07, 6.45) is 2.85. The van der Waals surface area contributed by atoms with Crippen LogP contribution in [0.15, 0.2) is 61.1 Å². The van der Waals surface area contributed by atoms with Crippen LogP contribution in [0.4, 0.5) is 8.78 Å². The lowest BCUT2D eigenvalue weighted by Gasteiger charge is -2.08. The summed E-state index contributed by atoms with van der Waals surface area (Å²) in [4.78, 5) is 4.20. The number of aryl methyl sites for hydroxylation is 1. The molecular weight excluding hydrogens is 370 g/mol. The van der Waals surface area contributed by atoms with E-state index in [1.807, 2.05) is 42.0 Å². The predicted octanol–water partition coefficient (Wildman–Crippen LogP) is 5.21. The van der Waals surface area contributed by atoms with Crippen LogP contribution in [0.25, 0.3) is 21.9 Å². The number of hydrogen-bond acceptors (Lipinski definition) is 3. The monoisotopic (exact) mass is 386 g/mol. The molecule has 4 aromatic rings. The highest BCUT2D eigenvalue weighted by atomic mass is 35.5. The van der Waals surface area contributed by atoms with E-state index in [4.69, 9.17) is 0 Å². The SMILES string of the molecule is Cc1nccn1Cc1cc(-c2ccc3ccc(C(F)F)cc3c2)cnn1.Cl. The van der Waals surface area contributed by atoms with Crippen LogP contribution in [-0.2, 0) is 6.54 Å². The van der Waals surface area contributed by atoms with Crippen molar-refractivity contribution >= 4 is 23.2 Å². The molecule has 27 heavy (non-hydrogen) atoms. The molecule has 0 aliphatic heterocycles. The van der Waals surface area contributed by atoms with Crippen LogP contribution in [0.2, 0.25) is 0 Å². The van der Waals surface area contributed by atoms with E-state index >= 15 is 0 Å². The molecular formula is C20H17ClF2N4. The molecule has 0 spiro atoms. The molecule has 0 radical (unpaired) electrons. The maximum Gasteiger partial charge on any atom is 0.263 e. The first kappa shape index (κ1) is 18.9. The summed E-state index contributed by atoms with van der Waals surface area (Å²) in [6, 6.07) is 12.5. The highest BCUT2D eigenvalue weighted by Gasteiger charge is 2.09. The second-order valence-corrected chi connectivity index (χ2v) is 6.16. The van der Waals surface area contributed by atoms with Crippen molar-refractivity contribution in [2.75, 3.05) is 0 Å². The van der Waals surface area contributed by atoms with Crippen molar-refractivity contribution < 1.29 is 8.78 Å². The van der Waals surface area contributed by atoms with Crippen LogP contribution in [0.5, 0.6) is 0 Å². The summed E-state index contributed by atoms with van der Waals surface area (Å²) in [6.45, 7) is 2.51. The largest absolute Gasteiger partial charge is 0.329 e. The molecule has 0 unspecified atom stereocenters. The molecule has 7 heteroatoms. The minimum Gasteiger partial charge on any atom is -0.329 e. The normalized spacial score (nSPS) is 11.0. The molecule has 4 nitrogen and oxygen atoms in total. The minimum absolute atomic E-state index is 0. The number of fused-ring (bicyclic) bond motifs is 1. The van der Waals surface area contributed by atoms with Gasteiger partial charge in [-0.15, -0.1) is 12.4 Å². The molecule has 0 bridgehead atoms. The van der Waals surface area contributed by atoms with E-state index in [2.05, 4.69) is 15.2 Å². The number of hydrogen-bond donors (Lipinski definition) is 0. The average molecular weight is 387 g/mol. The summed E-state index contributed by atoms with van der Waals surface area (Å²) in [7, 11) is 0. The third kappa shape index (κ3) is 3.95. The maximum absolute atomic E-state index is 13.0. The Morgan fingerprint density at radius 3 is 2.56 bits per heavy atom. The molecule has 0 saturated carbocycles. The summed E-state index contributed by atoms with van der Waals surface area (Å²) in [5, 5.41) is 9.98. The standard InChI is InChI=1S/C20H16F2N4.ClH/c1-13-23-6-7-26(13)12-19-10-18(11-24-25-19)15-4-2-14-3-5-16(20(21)22)9-17(14)8-15;/h2-11,20H,12H2,1H3;1H. The molecule has 138 valence electrons. The van der Waals surface area contributed by atoms with Crippen molar-refractivity contribution in [2.45, 2.75) is 19.9 Å². The van der Waals surface area contributed by atoms with E-state index in [-0.39, 0.29) is 18.0 Å². The topological polar surface area (TPSA) is 43.6 Å². The fourth-order valence-corrected chi connectivity index (χ4v) is 2.97. The van der Waals surface area contributed by atoms with Crippen LogP contribution in [0.3, 0.4) is 0 Å². The van der Waals surface area contributed by atoms with E-state index in [0.717, 1.165) is 33.4 Å². The van der Waals surface area contributed by atoms with Crippen LogP contribution in [-0.4, -0.2) is 19.7 Å². The van der Waals surface area contributed by atoms with E-state index < -0.39 is 6.43 Å². The molecule has 2 heterocycles. The summed E-state index contributed by atoms with van der Waals surface area (Å²) in [5.74, 6) is 0.905. The third-order valence-corrected chi connectivity index (χ3v) is 4.41. The second kappa shape index (κ2) is 7.80. The van der Waals surface area contributed by atoms with Crippen LogP contribution in [0.1, 0.15) is 23.5 Å². The highest BCUT2D eigenvalue weighted by molar-refractivity contribution is 5.87. The number of imidazole rings is 1. The number of alkyl halides is 2. The predicted molar refractivity (Wildman–Crippen MR) is 103 cm³/mol. The maximum atomic E-state index is 13.0. The first-order valence-corrected chi connectivity index (χ1v) is 8.22. The molecule has 0 aliphatic rings. The van der Waals surface area contributed by atoms with E-state index in [1.165, 1.54) is 12.1 Å². The Morgan fingerprint density at radius 2 is 1.81 bits per heavy atom. The zero-order valence-corrected chi connectivity index (χ0v) is 15.3. The Hall–Kier alpha value is -2.86. The lowest BCUT2D eigenvalue weighted by molar-refractivity contribution is 0.151. The van der Waals surface area contributed by atoms with Gasteiger partial charge in [-0.1, -0.05) is 24.3 Å². The Kier molecular flexibility index (Phi) is 5.46. The third-order valence-electron chi connectivity index (χ3n) is 4.41. The molecule has 4 rings (SSSR count). The molecule has 0 aliphatic carbocycles. The van der Waals surface area contributed by atoms with Crippen LogP contribution in [0, 0.1) is 6.92 Å². The molecule has 0 N–H and O–H groups in total. The van der Waals surface area contributed by atoms with Crippen molar-refractivity contribution in [3.05, 3.63) is 78.1 Å². The second-order valence-electron chi connectivity index (χ2n) is 6.16. The fraction of sp³-hybridized carbons (Fsp3) is 0.150. The summed E-state index contributed by atoms with van der Waals surface area (Å²) in [5.41, 5.74) is 2.66. The molecule has 0 atom stereocenters. The highest BCUT2D eigenvalue weighted by Crippen LogP contribution is 2.28. The summed E-state index contributed by atoms with van der Waals surface area (Å²) < 4.78 is 27.9. The average Bonchev–Trinajstić information content (AvgIpc) is 3.05. The van der Waals surface area contributed by atoms with Gasteiger partial charge in [-0.05, 0) is 41.5 Å². The Bertz CT molecular complexity index is 1080. The van der Waals surface area contributed by atoms with Gasteiger partial charge in [0.15, 0.2) is 0 Å². The van der Waals surface area contributed by atoms with Crippen molar-refractivity contribution in [3.63, 3.8) is 0 Å². The summed E-state index contributed by atoms with van der Waals surface area (Å²) >= 11 is 0. The molecule has 0 amide bonds. The van der Waals surface area contributed by atoms with Gasteiger partial charge in [-0.2, -0.15) is 10.2 Å². The zero-order valence-electron chi connectivity index (χ0n) is 14.5. The number of aromatic nitrogens is 4. The van der Waals surface area contributed by atoms with Gasteiger partial charge in [0.2, 0.25) is 0 Å². The molecule has 0 fully saturated rings. The number of halogens is 3. The Balaban J connectivity index is 0.00000210. The van der Waals surface area contributed by atoms with Gasteiger partial charge in [0.05, 0.1) is 18.4 Å². The van der Waals surface area contributed by atoms with Gasteiger partial charge in [0, 0.05) is 23.5 Å². The Labute approximate surface area is 161 Å².